The Balaban J connectivity index is 1.92. The molecule has 20 heavy (non-hydrogen) atoms. The SMILES string of the molecule is COCc1nc(Cn2cnc3cc(C)c(C)cc32)no1. The fraction of sp³-hybridized carbons (Fsp3) is 0.357. The first-order chi connectivity index (χ1) is 9.67. The number of benzene rings is 1. The first-order valence-corrected chi connectivity index (χ1v) is 6.40. The molecule has 0 saturated carbocycles. The molecular formula is C14H16N4O2. The lowest BCUT2D eigenvalue weighted by Crippen LogP contribution is -2.00. The van der Waals surface area contributed by atoms with Gasteiger partial charge in [-0.05, 0) is 37.1 Å². The van der Waals surface area contributed by atoms with E-state index < -0.39 is 0 Å². The maximum atomic E-state index is 5.09. The van der Waals surface area contributed by atoms with Gasteiger partial charge < -0.3 is 13.8 Å². The van der Waals surface area contributed by atoms with Crippen LogP contribution < -0.4 is 0 Å². The highest BCUT2D eigenvalue weighted by molar-refractivity contribution is 5.77. The van der Waals surface area contributed by atoms with Crippen LogP contribution in [0, 0.1) is 13.8 Å². The molecule has 0 N–H and O–H groups in total. The number of rotatable bonds is 4. The standard InChI is InChI=1S/C14H16N4O2/c1-9-4-11-12(5-10(9)2)18(8-15-11)6-13-16-14(7-19-3)20-17-13/h4-5,8H,6-7H2,1-3H3. The minimum atomic E-state index is 0.329. The lowest BCUT2D eigenvalue weighted by atomic mass is 10.1. The molecule has 0 radical (unpaired) electrons. The zero-order valence-electron chi connectivity index (χ0n) is 11.8. The second-order valence-electron chi connectivity index (χ2n) is 4.84. The summed E-state index contributed by atoms with van der Waals surface area (Å²) >= 11 is 0. The van der Waals surface area contributed by atoms with Crippen LogP contribution in [0.2, 0.25) is 0 Å². The third-order valence-corrected chi connectivity index (χ3v) is 3.33. The Hall–Kier alpha value is -2.21. The lowest BCUT2D eigenvalue weighted by molar-refractivity contribution is 0.151. The highest BCUT2D eigenvalue weighted by atomic mass is 16.5. The van der Waals surface area contributed by atoms with E-state index in [4.69, 9.17) is 9.26 Å². The maximum Gasteiger partial charge on any atom is 0.252 e. The number of hydrogen-bond acceptors (Lipinski definition) is 5. The molecule has 0 aliphatic rings. The highest BCUT2D eigenvalue weighted by Crippen LogP contribution is 2.19. The van der Waals surface area contributed by atoms with E-state index in [1.54, 1.807) is 13.4 Å². The summed E-state index contributed by atoms with van der Waals surface area (Å²) in [7, 11) is 1.60. The third-order valence-electron chi connectivity index (χ3n) is 3.33. The van der Waals surface area contributed by atoms with Gasteiger partial charge in [-0.25, -0.2) is 4.98 Å². The second-order valence-corrected chi connectivity index (χ2v) is 4.84. The van der Waals surface area contributed by atoms with Crippen molar-refractivity contribution in [1.29, 1.82) is 0 Å². The van der Waals surface area contributed by atoms with Crippen molar-refractivity contribution in [3.8, 4) is 0 Å². The van der Waals surface area contributed by atoms with E-state index >= 15 is 0 Å². The van der Waals surface area contributed by atoms with Crippen molar-refractivity contribution in [1.82, 2.24) is 19.7 Å². The van der Waals surface area contributed by atoms with E-state index in [1.807, 2.05) is 4.57 Å². The van der Waals surface area contributed by atoms with Crippen LogP contribution in [0.25, 0.3) is 11.0 Å². The largest absolute Gasteiger partial charge is 0.375 e. The molecule has 0 unspecified atom stereocenters. The van der Waals surface area contributed by atoms with Crippen LogP contribution in [0.3, 0.4) is 0 Å². The van der Waals surface area contributed by atoms with Crippen molar-refractivity contribution in [2.45, 2.75) is 27.0 Å². The molecule has 0 aliphatic carbocycles. The average Bonchev–Trinajstić information content (AvgIpc) is 3.00. The molecule has 0 saturated heterocycles. The van der Waals surface area contributed by atoms with Gasteiger partial charge in [-0.2, -0.15) is 4.98 Å². The van der Waals surface area contributed by atoms with Crippen LogP contribution in [0.5, 0.6) is 0 Å². The van der Waals surface area contributed by atoms with Gasteiger partial charge in [0.1, 0.15) is 6.61 Å². The molecule has 2 heterocycles. The van der Waals surface area contributed by atoms with E-state index in [2.05, 4.69) is 41.1 Å². The number of hydrogen-bond donors (Lipinski definition) is 0. The van der Waals surface area contributed by atoms with Gasteiger partial charge in [-0.15, -0.1) is 0 Å². The van der Waals surface area contributed by atoms with E-state index in [1.165, 1.54) is 11.1 Å². The van der Waals surface area contributed by atoms with Crippen molar-refractivity contribution in [3.63, 3.8) is 0 Å². The monoisotopic (exact) mass is 272 g/mol. The minimum Gasteiger partial charge on any atom is -0.375 e. The lowest BCUT2D eigenvalue weighted by Gasteiger charge is -2.03. The fourth-order valence-corrected chi connectivity index (χ4v) is 2.13. The third kappa shape index (κ3) is 2.30. The predicted octanol–water partition coefficient (Wildman–Crippen LogP) is 2.23. The maximum absolute atomic E-state index is 5.09. The summed E-state index contributed by atoms with van der Waals surface area (Å²) in [5.74, 6) is 1.11. The number of methoxy groups -OCH3 is 1. The van der Waals surface area contributed by atoms with Crippen molar-refractivity contribution in [2.24, 2.45) is 0 Å². The molecule has 6 heteroatoms. The molecule has 0 fully saturated rings. The Labute approximate surface area is 116 Å². The van der Waals surface area contributed by atoms with Gasteiger partial charge in [-0.1, -0.05) is 5.16 Å². The number of aryl methyl sites for hydroxylation is 2. The summed E-state index contributed by atoms with van der Waals surface area (Å²) in [6.07, 6.45) is 1.80. The quantitative estimate of drug-likeness (QED) is 0.728. The summed E-state index contributed by atoms with van der Waals surface area (Å²) in [6.45, 7) is 5.04. The summed E-state index contributed by atoms with van der Waals surface area (Å²) in [5, 5.41) is 3.94. The van der Waals surface area contributed by atoms with Crippen molar-refractivity contribution in [2.75, 3.05) is 7.11 Å². The first-order valence-electron chi connectivity index (χ1n) is 6.40. The normalized spacial score (nSPS) is 11.3. The molecular weight excluding hydrogens is 256 g/mol. The number of nitrogens with zero attached hydrogens (tertiary/aromatic N) is 4. The summed E-state index contributed by atoms with van der Waals surface area (Å²) in [6, 6.07) is 4.22. The fourth-order valence-electron chi connectivity index (χ4n) is 2.13. The van der Waals surface area contributed by atoms with Crippen LogP contribution in [-0.2, 0) is 17.9 Å². The Morgan fingerprint density at radius 2 is 2.05 bits per heavy atom. The molecule has 6 nitrogen and oxygen atoms in total. The molecule has 0 bridgehead atoms. The van der Waals surface area contributed by atoms with Gasteiger partial charge in [0.25, 0.3) is 5.89 Å². The molecule has 3 rings (SSSR count). The molecule has 0 amide bonds. The number of fused-ring (bicyclic) bond motifs is 1. The zero-order valence-corrected chi connectivity index (χ0v) is 11.8. The molecule has 0 aliphatic heterocycles. The molecule has 3 aromatic rings. The van der Waals surface area contributed by atoms with E-state index in [-0.39, 0.29) is 0 Å². The molecule has 1 aromatic carbocycles. The molecule has 2 aromatic heterocycles. The van der Waals surface area contributed by atoms with E-state index in [0.717, 1.165) is 11.0 Å². The van der Waals surface area contributed by atoms with Crippen LogP contribution >= 0.6 is 0 Å². The number of ether oxygens (including phenoxy) is 1. The van der Waals surface area contributed by atoms with Gasteiger partial charge >= 0.3 is 0 Å². The van der Waals surface area contributed by atoms with E-state index in [9.17, 15) is 0 Å². The van der Waals surface area contributed by atoms with Gasteiger partial charge in [0.15, 0.2) is 5.82 Å². The Kier molecular flexibility index (Phi) is 3.23. The number of imidazole rings is 1. The van der Waals surface area contributed by atoms with Crippen molar-refractivity contribution >= 4 is 11.0 Å². The summed E-state index contributed by atoms with van der Waals surface area (Å²) in [4.78, 5) is 8.68. The van der Waals surface area contributed by atoms with Crippen LogP contribution in [0.15, 0.2) is 23.0 Å². The molecule has 0 atom stereocenters. The Morgan fingerprint density at radius 3 is 2.85 bits per heavy atom. The van der Waals surface area contributed by atoms with Crippen molar-refractivity contribution < 1.29 is 9.26 Å². The Bertz CT molecular complexity index is 745. The van der Waals surface area contributed by atoms with Gasteiger partial charge in [0, 0.05) is 7.11 Å². The topological polar surface area (TPSA) is 66.0 Å². The molecule has 0 spiro atoms. The van der Waals surface area contributed by atoms with Gasteiger partial charge in [-0.3, -0.25) is 0 Å². The molecule has 104 valence electrons. The zero-order chi connectivity index (χ0) is 14.1. The van der Waals surface area contributed by atoms with Gasteiger partial charge in [0.05, 0.1) is 23.9 Å². The summed E-state index contributed by atoms with van der Waals surface area (Å²) in [5.41, 5.74) is 4.54. The predicted molar refractivity (Wildman–Crippen MR) is 73.3 cm³/mol. The summed E-state index contributed by atoms with van der Waals surface area (Å²) < 4.78 is 12.1. The van der Waals surface area contributed by atoms with Crippen LogP contribution in [0.1, 0.15) is 22.8 Å². The minimum absolute atomic E-state index is 0.329. The van der Waals surface area contributed by atoms with Crippen LogP contribution in [0.4, 0.5) is 0 Å². The van der Waals surface area contributed by atoms with E-state index in [0.29, 0.717) is 24.9 Å². The number of aromatic nitrogens is 4. The highest BCUT2D eigenvalue weighted by Gasteiger charge is 2.10. The van der Waals surface area contributed by atoms with Crippen molar-refractivity contribution in [3.05, 3.63) is 41.3 Å². The first kappa shape index (κ1) is 12.8. The smallest absolute Gasteiger partial charge is 0.252 e. The van der Waals surface area contributed by atoms with Crippen LogP contribution in [-0.4, -0.2) is 26.8 Å². The van der Waals surface area contributed by atoms with Gasteiger partial charge in [0.2, 0.25) is 0 Å². The second kappa shape index (κ2) is 5.05. The Morgan fingerprint density at radius 1 is 1.25 bits per heavy atom. The average molecular weight is 272 g/mol.